The number of nitrogens with zero attached hydrogens (tertiary/aromatic N) is 4. The van der Waals surface area contributed by atoms with Crippen LogP contribution in [0.3, 0.4) is 0 Å². The van der Waals surface area contributed by atoms with Gasteiger partial charge in [0.05, 0.1) is 25.5 Å². The van der Waals surface area contributed by atoms with Crippen molar-refractivity contribution in [2.75, 3.05) is 56.7 Å². The van der Waals surface area contributed by atoms with Crippen molar-refractivity contribution in [3.05, 3.63) is 48.0 Å². The molecule has 2 aromatic rings. The van der Waals surface area contributed by atoms with Gasteiger partial charge in [0.1, 0.15) is 11.5 Å². The fourth-order valence-corrected chi connectivity index (χ4v) is 4.87. The first-order chi connectivity index (χ1) is 16.9. The van der Waals surface area contributed by atoms with Gasteiger partial charge in [0.25, 0.3) is 0 Å². The van der Waals surface area contributed by atoms with Crippen molar-refractivity contribution < 1.29 is 22.6 Å². The minimum absolute atomic E-state index is 0.0568. The zero-order chi connectivity index (χ0) is 25.0. The molecule has 0 bridgehead atoms. The number of benzene rings is 2. The minimum Gasteiger partial charge on any atom is -0.497 e. The summed E-state index contributed by atoms with van der Waals surface area (Å²) in [6.07, 6.45) is -1.85. The maximum Gasteiger partial charge on any atom is 0.416 e. The molecular formula is C26H33F3N4O2. The zero-order valence-corrected chi connectivity index (χ0v) is 20.5. The SMILES string of the molecule is CCCC1CCN=C(N2CCN(c3cccc(OC)c3)CC2)N1c1cc(C(F)(F)F)ccc1OC. The molecule has 35 heavy (non-hydrogen) atoms. The highest BCUT2D eigenvalue weighted by atomic mass is 19.4. The van der Waals surface area contributed by atoms with Gasteiger partial charge in [0, 0.05) is 50.5 Å². The van der Waals surface area contributed by atoms with E-state index < -0.39 is 11.7 Å². The van der Waals surface area contributed by atoms with Crippen LogP contribution in [-0.4, -0.2) is 63.8 Å². The van der Waals surface area contributed by atoms with E-state index in [0.717, 1.165) is 55.8 Å². The fourth-order valence-electron chi connectivity index (χ4n) is 4.87. The second-order valence-corrected chi connectivity index (χ2v) is 8.84. The molecule has 1 fully saturated rings. The molecule has 1 saturated heterocycles. The van der Waals surface area contributed by atoms with E-state index in [1.54, 1.807) is 7.11 Å². The van der Waals surface area contributed by atoms with Crippen molar-refractivity contribution in [3.63, 3.8) is 0 Å². The van der Waals surface area contributed by atoms with E-state index in [0.29, 0.717) is 31.1 Å². The van der Waals surface area contributed by atoms with Crippen molar-refractivity contribution in [1.29, 1.82) is 0 Å². The van der Waals surface area contributed by atoms with Crippen LogP contribution >= 0.6 is 0 Å². The lowest BCUT2D eigenvalue weighted by molar-refractivity contribution is -0.137. The summed E-state index contributed by atoms with van der Waals surface area (Å²) in [6, 6.07) is 11.7. The predicted molar refractivity (Wildman–Crippen MR) is 133 cm³/mol. The molecule has 6 nitrogen and oxygen atoms in total. The van der Waals surface area contributed by atoms with Crippen molar-refractivity contribution >= 4 is 17.3 Å². The van der Waals surface area contributed by atoms with E-state index in [9.17, 15) is 13.2 Å². The van der Waals surface area contributed by atoms with Gasteiger partial charge in [-0.2, -0.15) is 13.2 Å². The summed E-state index contributed by atoms with van der Waals surface area (Å²) in [7, 11) is 3.15. The molecular weight excluding hydrogens is 457 g/mol. The van der Waals surface area contributed by atoms with E-state index in [-0.39, 0.29) is 6.04 Å². The first-order valence-electron chi connectivity index (χ1n) is 12.1. The first kappa shape index (κ1) is 25.0. The number of hydrogen-bond acceptors (Lipinski definition) is 6. The fraction of sp³-hybridized carbons (Fsp3) is 0.500. The van der Waals surface area contributed by atoms with Crippen LogP contribution in [-0.2, 0) is 6.18 Å². The van der Waals surface area contributed by atoms with Gasteiger partial charge in [0.15, 0.2) is 0 Å². The number of anilines is 2. The van der Waals surface area contributed by atoms with Crippen molar-refractivity contribution in [3.8, 4) is 11.5 Å². The zero-order valence-electron chi connectivity index (χ0n) is 20.5. The summed E-state index contributed by atoms with van der Waals surface area (Å²) in [5.74, 6) is 1.97. The summed E-state index contributed by atoms with van der Waals surface area (Å²) in [5, 5.41) is 0. The molecule has 0 amide bonds. The van der Waals surface area contributed by atoms with E-state index in [1.165, 1.54) is 19.2 Å². The van der Waals surface area contributed by atoms with Crippen LogP contribution in [0.15, 0.2) is 47.5 Å². The van der Waals surface area contributed by atoms with Gasteiger partial charge >= 0.3 is 6.18 Å². The third-order valence-corrected chi connectivity index (χ3v) is 6.66. The lowest BCUT2D eigenvalue weighted by Gasteiger charge is -2.45. The van der Waals surface area contributed by atoms with Gasteiger partial charge in [-0.3, -0.25) is 4.99 Å². The molecule has 2 aromatic carbocycles. The van der Waals surface area contributed by atoms with Gasteiger partial charge in [-0.15, -0.1) is 0 Å². The Kier molecular flexibility index (Phi) is 7.62. The van der Waals surface area contributed by atoms with Crippen molar-refractivity contribution in [2.45, 2.75) is 38.4 Å². The maximum atomic E-state index is 13.6. The van der Waals surface area contributed by atoms with Crippen LogP contribution in [0, 0.1) is 0 Å². The largest absolute Gasteiger partial charge is 0.497 e. The Morgan fingerprint density at radius 1 is 0.971 bits per heavy atom. The Labute approximate surface area is 204 Å². The average Bonchev–Trinajstić information content (AvgIpc) is 2.88. The highest BCUT2D eigenvalue weighted by molar-refractivity contribution is 5.99. The molecule has 0 N–H and O–H groups in total. The van der Waals surface area contributed by atoms with E-state index in [2.05, 4.69) is 22.8 Å². The Hall–Kier alpha value is -3.10. The van der Waals surface area contributed by atoms with Crippen LogP contribution in [0.2, 0.25) is 0 Å². The number of aliphatic imine (C=N–C) groups is 1. The smallest absolute Gasteiger partial charge is 0.416 e. The standard InChI is InChI=1S/C26H33F3N4O2/c1-4-6-20-11-12-30-25(33(20)23-17-19(26(27,28)29)9-10-24(23)35-3)32-15-13-31(14-16-32)21-7-5-8-22(18-21)34-2/h5,7-10,17-18,20H,4,6,11-16H2,1-3H3. The van der Waals surface area contributed by atoms with Gasteiger partial charge in [-0.1, -0.05) is 19.4 Å². The monoisotopic (exact) mass is 490 g/mol. The third kappa shape index (κ3) is 5.44. The Morgan fingerprint density at radius 3 is 2.37 bits per heavy atom. The number of halogens is 3. The molecule has 0 saturated carbocycles. The number of guanidine groups is 1. The average molecular weight is 491 g/mol. The second-order valence-electron chi connectivity index (χ2n) is 8.84. The first-order valence-corrected chi connectivity index (χ1v) is 12.1. The van der Waals surface area contributed by atoms with Gasteiger partial charge in [-0.25, -0.2) is 0 Å². The summed E-state index contributed by atoms with van der Waals surface area (Å²) in [4.78, 5) is 11.3. The maximum absolute atomic E-state index is 13.6. The number of piperazine rings is 1. The topological polar surface area (TPSA) is 40.5 Å². The molecule has 0 radical (unpaired) electrons. The normalized spacial score (nSPS) is 19.0. The highest BCUT2D eigenvalue weighted by Crippen LogP contribution is 2.39. The molecule has 9 heteroatoms. The predicted octanol–water partition coefficient (Wildman–Crippen LogP) is 5.28. The summed E-state index contributed by atoms with van der Waals surface area (Å²) in [5.41, 5.74) is 0.834. The van der Waals surface area contributed by atoms with Gasteiger partial charge in [-0.05, 0) is 43.2 Å². The van der Waals surface area contributed by atoms with E-state index in [1.807, 2.05) is 23.1 Å². The molecule has 0 spiro atoms. The lowest BCUT2D eigenvalue weighted by atomic mass is 10.0. The number of methoxy groups -OCH3 is 2. The number of rotatable bonds is 6. The van der Waals surface area contributed by atoms with Crippen LogP contribution in [0.5, 0.6) is 11.5 Å². The molecule has 2 aliphatic rings. The molecule has 190 valence electrons. The van der Waals surface area contributed by atoms with Crippen molar-refractivity contribution in [1.82, 2.24) is 4.90 Å². The molecule has 2 aliphatic heterocycles. The molecule has 0 aromatic heterocycles. The van der Waals surface area contributed by atoms with E-state index in [4.69, 9.17) is 14.5 Å². The molecule has 1 unspecified atom stereocenters. The van der Waals surface area contributed by atoms with E-state index >= 15 is 0 Å². The molecule has 2 heterocycles. The summed E-state index contributed by atoms with van der Waals surface area (Å²) in [6.45, 7) is 5.74. The van der Waals surface area contributed by atoms with Gasteiger partial charge < -0.3 is 24.2 Å². The van der Waals surface area contributed by atoms with Gasteiger partial charge in [0.2, 0.25) is 5.96 Å². The summed E-state index contributed by atoms with van der Waals surface area (Å²) >= 11 is 0. The second kappa shape index (κ2) is 10.7. The van der Waals surface area contributed by atoms with Crippen molar-refractivity contribution in [2.24, 2.45) is 4.99 Å². The molecule has 1 atom stereocenters. The van der Waals surface area contributed by atoms with Crippen LogP contribution < -0.4 is 19.3 Å². The summed E-state index contributed by atoms with van der Waals surface area (Å²) < 4.78 is 51.7. The minimum atomic E-state index is -4.43. The highest BCUT2D eigenvalue weighted by Gasteiger charge is 2.36. The Balaban J connectivity index is 1.62. The van der Waals surface area contributed by atoms with Crippen LogP contribution in [0.4, 0.5) is 24.5 Å². The quantitative estimate of drug-likeness (QED) is 0.551. The lowest BCUT2D eigenvalue weighted by Crippen LogP contribution is -2.57. The number of ether oxygens (including phenoxy) is 2. The number of alkyl halides is 3. The Bertz CT molecular complexity index is 1040. The third-order valence-electron chi connectivity index (χ3n) is 6.66. The molecule has 4 rings (SSSR count). The molecule has 0 aliphatic carbocycles. The van der Waals surface area contributed by atoms with Crippen LogP contribution in [0.25, 0.3) is 0 Å². The van der Waals surface area contributed by atoms with Crippen LogP contribution in [0.1, 0.15) is 31.7 Å². The number of hydrogen-bond donors (Lipinski definition) is 0. The Morgan fingerprint density at radius 2 is 1.71 bits per heavy atom.